The quantitative estimate of drug-likeness (QED) is 0.403. The van der Waals surface area contributed by atoms with E-state index in [1.807, 2.05) is 13.8 Å². The highest BCUT2D eigenvalue weighted by molar-refractivity contribution is 5.83. The molecular weight excluding hydrogens is 366 g/mol. The lowest BCUT2D eigenvalue weighted by Crippen LogP contribution is -2.12. The topological polar surface area (TPSA) is 132 Å². The van der Waals surface area contributed by atoms with E-state index >= 15 is 0 Å². The van der Waals surface area contributed by atoms with Crippen molar-refractivity contribution in [3.05, 3.63) is 49.9 Å². The highest BCUT2D eigenvalue weighted by atomic mass is 16.6. The van der Waals surface area contributed by atoms with Crippen LogP contribution in [0.1, 0.15) is 44.9 Å². The van der Waals surface area contributed by atoms with Crippen LogP contribution < -0.4 is 20.5 Å². The third-order valence-corrected chi connectivity index (χ3v) is 3.56. The minimum Gasteiger partial charge on any atom is -0.493 e. The molecule has 0 saturated heterocycles. The van der Waals surface area contributed by atoms with E-state index in [0.717, 1.165) is 0 Å². The van der Waals surface area contributed by atoms with Crippen molar-refractivity contribution in [3.63, 3.8) is 0 Å². The van der Waals surface area contributed by atoms with Gasteiger partial charge in [-0.25, -0.2) is 10.4 Å². The Hall–Kier alpha value is -3.43. The maximum absolute atomic E-state index is 11.7. The number of rotatable bonds is 8. The average molecular weight is 389 g/mol. The zero-order valence-corrected chi connectivity index (χ0v) is 16.3. The Kier molecular flexibility index (Phi) is 6.69. The van der Waals surface area contributed by atoms with Crippen molar-refractivity contribution in [1.82, 2.24) is 9.97 Å². The fourth-order valence-electron chi connectivity index (χ4n) is 2.32. The van der Waals surface area contributed by atoms with Crippen molar-refractivity contribution < 1.29 is 14.4 Å². The largest absolute Gasteiger partial charge is 0.493 e. The SMILES string of the molecule is COc1cc(/C=N\Nc2nc(C(C)C)cc(=O)[nH]2)cc([N+](=O)[O-])c1OC(C)C. The van der Waals surface area contributed by atoms with Crippen LogP contribution in [0.3, 0.4) is 0 Å². The van der Waals surface area contributed by atoms with Crippen LogP contribution in [0.2, 0.25) is 0 Å². The summed E-state index contributed by atoms with van der Waals surface area (Å²) in [5.74, 6) is 0.529. The van der Waals surface area contributed by atoms with Crippen LogP contribution >= 0.6 is 0 Å². The molecule has 0 unspecified atom stereocenters. The zero-order valence-electron chi connectivity index (χ0n) is 16.3. The Morgan fingerprint density at radius 1 is 1.29 bits per heavy atom. The summed E-state index contributed by atoms with van der Waals surface area (Å²) in [6.45, 7) is 7.37. The van der Waals surface area contributed by atoms with Gasteiger partial charge < -0.3 is 9.47 Å². The fourth-order valence-corrected chi connectivity index (χ4v) is 2.32. The van der Waals surface area contributed by atoms with Gasteiger partial charge in [-0.05, 0) is 25.8 Å². The lowest BCUT2D eigenvalue weighted by atomic mass is 10.1. The summed E-state index contributed by atoms with van der Waals surface area (Å²) in [7, 11) is 1.40. The molecular formula is C18H23N5O5. The van der Waals surface area contributed by atoms with Crippen molar-refractivity contribution in [2.45, 2.75) is 39.7 Å². The smallest absolute Gasteiger partial charge is 0.315 e. The first-order valence-corrected chi connectivity index (χ1v) is 8.64. The van der Waals surface area contributed by atoms with Crippen molar-refractivity contribution in [3.8, 4) is 11.5 Å². The number of aromatic nitrogens is 2. The van der Waals surface area contributed by atoms with Gasteiger partial charge in [-0.2, -0.15) is 5.10 Å². The molecule has 1 aromatic heterocycles. The average Bonchev–Trinajstić information content (AvgIpc) is 2.61. The summed E-state index contributed by atoms with van der Waals surface area (Å²) in [6.07, 6.45) is 1.10. The molecule has 0 atom stereocenters. The normalized spacial score (nSPS) is 11.2. The van der Waals surface area contributed by atoms with Crippen LogP contribution in [0, 0.1) is 10.1 Å². The van der Waals surface area contributed by atoms with Gasteiger partial charge in [0, 0.05) is 17.7 Å². The number of hydrogen-bond acceptors (Lipinski definition) is 8. The van der Waals surface area contributed by atoms with Gasteiger partial charge in [0.25, 0.3) is 5.56 Å². The van der Waals surface area contributed by atoms with E-state index in [4.69, 9.17) is 9.47 Å². The summed E-state index contributed by atoms with van der Waals surface area (Å²) < 4.78 is 10.8. The minimum absolute atomic E-state index is 0.0586. The minimum atomic E-state index is -0.545. The second-order valence-corrected chi connectivity index (χ2v) is 6.54. The van der Waals surface area contributed by atoms with E-state index in [0.29, 0.717) is 11.3 Å². The van der Waals surface area contributed by atoms with Crippen molar-refractivity contribution in [1.29, 1.82) is 0 Å². The zero-order chi connectivity index (χ0) is 20.8. The van der Waals surface area contributed by atoms with Crippen molar-refractivity contribution in [2.24, 2.45) is 5.10 Å². The molecule has 0 spiro atoms. The lowest BCUT2D eigenvalue weighted by molar-refractivity contribution is -0.386. The van der Waals surface area contributed by atoms with Gasteiger partial charge in [0.05, 0.1) is 30.0 Å². The first kappa shape index (κ1) is 20.9. The molecule has 28 heavy (non-hydrogen) atoms. The van der Waals surface area contributed by atoms with E-state index in [1.165, 1.54) is 25.5 Å². The Morgan fingerprint density at radius 2 is 2.00 bits per heavy atom. The number of nitro benzene ring substituents is 1. The molecule has 2 N–H and O–H groups in total. The number of ether oxygens (including phenoxy) is 2. The predicted molar refractivity (Wildman–Crippen MR) is 106 cm³/mol. The standard InChI is InChI=1S/C18H23N5O5/c1-10(2)13-8-16(24)21-18(20-13)22-19-9-12-6-14(23(25)26)17(28-11(3)4)15(7-12)27-5/h6-11H,1-5H3,(H2,20,21,22,24)/b19-9-. The first-order chi connectivity index (χ1) is 13.2. The van der Waals surface area contributed by atoms with Crippen LogP contribution in [0.4, 0.5) is 11.6 Å². The first-order valence-electron chi connectivity index (χ1n) is 8.64. The van der Waals surface area contributed by atoms with Crippen LogP contribution in [-0.4, -0.2) is 34.3 Å². The summed E-state index contributed by atoms with van der Waals surface area (Å²) in [6, 6.07) is 4.31. The van der Waals surface area contributed by atoms with Crippen LogP contribution in [0.25, 0.3) is 0 Å². The maximum Gasteiger partial charge on any atom is 0.315 e. The second kappa shape index (κ2) is 8.98. The lowest BCUT2D eigenvalue weighted by Gasteiger charge is -2.14. The maximum atomic E-state index is 11.7. The molecule has 1 heterocycles. The molecule has 0 saturated carbocycles. The molecule has 2 aromatic rings. The molecule has 150 valence electrons. The molecule has 1 aromatic carbocycles. The van der Waals surface area contributed by atoms with Gasteiger partial charge in [-0.3, -0.25) is 19.9 Å². The van der Waals surface area contributed by atoms with Crippen LogP contribution in [-0.2, 0) is 0 Å². The summed E-state index contributed by atoms with van der Waals surface area (Å²) in [5.41, 5.74) is 3.12. The molecule has 0 amide bonds. The van der Waals surface area contributed by atoms with Crippen molar-refractivity contribution in [2.75, 3.05) is 12.5 Å². The molecule has 2 rings (SSSR count). The van der Waals surface area contributed by atoms with E-state index in [9.17, 15) is 14.9 Å². The van der Waals surface area contributed by atoms with Crippen molar-refractivity contribution >= 4 is 17.9 Å². The van der Waals surface area contributed by atoms with E-state index in [-0.39, 0.29) is 40.7 Å². The molecule has 0 aliphatic rings. The van der Waals surface area contributed by atoms with Gasteiger partial charge in [0.2, 0.25) is 11.7 Å². The Morgan fingerprint density at radius 3 is 2.57 bits per heavy atom. The number of nitrogens with zero attached hydrogens (tertiary/aromatic N) is 3. The van der Waals surface area contributed by atoms with E-state index in [1.54, 1.807) is 19.9 Å². The number of nitrogens with one attached hydrogen (secondary N) is 2. The second-order valence-electron chi connectivity index (χ2n) is 6.54. The van der Waals surface area contributed by atoms with Crippen LogP contribution in [0.5, 0.6) is 11.5 Å². The molecule has 0 aliphatic heterocycles. The highest BCUT2D eigenvalue weighted by Crippen LogP contribution is 2.38. The third kappa shape index (κ3) is 5.29. The van der Waals surface area contributed by atoms with Gasteiger partial charge in [0.1, 0.15) is 0 Å². The summed E-state index contributed by atoms with van der Waals surface area (Å²) in [4.78, 5) is 29.3. The highest BCUT2D eigenvalue weighted by Gasteiger charge is 2.23. The van der Waals surface area contributed by atoms with E-state index in [2.05, 4.69) is 20.5 Å². The molecule has 0 bridgehead atoms. The molecule has 0 radical (unpaired) electrons. The number of anilines is 1. The molecule has 0 aliphatic carbocycles. The Balaban J connectivity index is 2.32. The molecule has 0 fully saturated rings. The number of H-pyrrole nitrogens is 1. The number of hydrogen-bond donors (Lipinski definition) is 2. The number of aromatic amines is 1. The van der Waals surface area contributed by atoms with Gasteiger partial charge in [-0.1, -0.05) is 13.8 Å². The van der Waals surface area contributed by atoms with Gasteiger partial charge in [-0.15, -0.1) is 0 Å². The summed E-state index contributed by atoms with van der Waals surface area (Å²) >= 11 is 0. The van der Waals surface area contributed by atoms with E-state index < -0.39 is 4.92 Å². The monoisotopic (exact) mass is 389 g/mol. The molecule has 10 nitrogen and oxygen atoms in total. The number of methoxy groups -OCH3 is 1. The predicted octanol–water partition coefficient (Wildman–Crippen LogP) is 3.04. The molecule has 10 heteroatoms. The fraction of sp³-hybridized carbons (Fsp3) is 0.389. The number of benzene rings is 1. The van der Waals surface area contributed by atoms with Crippen LogP contribution in [0.15, 0.2) is 28.1 Å². The number of nitro groups is 1. The number of hydrazone groups is 1. The van der Waals surface area contributed by atoms with Gasteiger partial charge in [0.15, 0.2) is 5.75 Å². The summed E-state index contributed by atoms with van der Waals surface area (Å²) in [5, 5.41) is 15.4. The van der Waals surface area contributed by atoms with Gasteiger partial charge >= 0.3 is 5.69 Å². The Bertz CT molecular complexity index is 936. The third-order valence-electron chi connectivity index (χ3n) is 3.56. The Labute approximate surface area is 161 Å².